The van der Waals surface area contributed by atoms with Gasteiger partial charge in [-0.15, -0.1) is 22.7 Å². The SMILES string of the molecule is Cc1cccc(OCCN(C)C(=O)c2sc(-c3cccs3)nc2C)c1. The van der Waals surface area contributed by atoms with E-state index in [4.69, 9.17) is 4.74 Å². The van der Waals surface area contributed by atoms with Crippen molar-refractivity contribution >= 4 is 28.6 Å². The fourth-order valence-corrected chi connectivity index (χ4v) is 4.24. The van der Waals surface area contributed by atoms with Gasteiger partial charge in [0.2, 0.25) is 0 Å². The first-order valence-corrected chi connectivity index (χ1v) is 9.70. The van der Waals surface area contributed by atoms with E-state index in [1.165, 1.54) is 11.3 Å². The number of aromatic nitrogens is 1. The third-order valence-electron chi connectivity index (χ3n) is 3.75. The second kappa shape index (κ2) is 7.80. The number of nitrogens with zero attached hydrogens (tertiary/aromatic N) is 2. The Morgan fingerprint density at radius 2 is 2.08 bits per heavy atom. The minimum atomic E-state index is -0.00866. The Bertz CT molecular complexity index is 856. The van der Waals surface area contributed by atoms with Crippen LogP contribution >= 0.6 is 22.7 Å². The van der Waals surface area contributed by atoms with Crippen LogP contribution in [0.3, 0.4) is 0 Å². The van der Waals surface area contributed by atoms with Gasteiger partial charge in [0.15, 0.2) is 0 Å². The number of thiazole rings is 1. The number of benzene rings is 1. The topological polar surface area (TPSA) is 42.4 Å². The van der Waals surface area contributed by atoms with Gasteiger partial charge in [-0.3, -0.25) is 4.79 Å². The van der Waals surface area contributed by atoms with Crippen LogP contribution in [0.2, 0.25) is 0 Å². The van der Waals surface area contributed by atoms with Crippen molar-refractivity contribution in [2.24, 2.45) is 0 Å². The molecule has 3 rings (SSSR count). The molecule has 2 heterocycles. The summed E-state index contributed by atoms with van der Waals surface area (Å²) in [5.74, 6) is 0.820. The van der Waals surface area contributed by atoms with Crippen molar-refractivity contribution in [1.82, 2.24) is 9.88 Å². The number of hydrogen-bond acceptors (Lipinski definition) is 5. The van der Waals surface area contributed by atoms with Gasteiger partial charge >= 0.3 is 0 Å². The van der Waals surface area contributed by atoms with E-state index in [2.05, 4.69) is 4.98 Å². The smallest absolute Gasteiger partial charge is 0.265 e. The molecule has 0 unspecified atom stereocenters. The molecule has 0 N–H and O–H groups in total. The summed E-state index contributed by atoms with van der Waals surface area (Å²) >= 11 is 3.09. The summed E-state index contributed by atoms with van der Waals surface area (Å²) in [5, 5.41) is 2.92. The molecule has 0 fully saturated rings. The normalized spacial score (nSPS) is 10.7. The lowest BCUT2D eigenvalue weighted by atomic mass is 10.2. The van der Waals surface area contributed by atoms with Crippen molar-refractivity contribution in [3.05, 3.63) is 57.9 Å². The number of carbonyl (C=O) groups is 1. The molecule has 4 nitrogen and oxygen atoms in total. The Hall–Kier alpha value is -2.18. The first-order valence-electron chi connectivity index (χ1n) is 8.01. The van der Waals surface area contributed by atoms with Crippen molar-refractivity contribution in [2.45, 2.75) is 13.8 Å². The highest BCUT2D eigenvalue weighted by atomic mass is 32.1. The fourth-order valence-electron chi connectivity index (χ4n) is 2.38. The molecule has 0 aliphatic carbocycles. The number of ether oxygens (including phenoxy) is 1. The van der Waals surface area contributed by atoms with Gasteiger partial charge in [-0.05, 0) is 43.0 Å². The molecule has 130 valence electrons. The molecule has 0 aliphatic heterocycles. The minimum Gasteiger partial charge on any atom is -0.492 e. The molecule has 2 aromatic heterocycles. The maximum absolute atomic E-state index is 12.7. The summed E-state index contributed by atoms with van der Waals surface area (Å²) in [6.45, 7) is 4.90. The Balaban J connectivity index is 1.61. The summed E-state index contributed by atoms with van der Waals surface area (Å²) in [7, 11) is 1.80. The van der Waals surface area contributed by atoms with Gasteiger partial charge in [-0.25, -0.2) is 4.98 Å². The number of likely N-dealkylation sites (N-methyl/N-ethyl adjacent to an activating group) is 1. The Morgan fingerprint density at radius 3 is 2.80 bits per heavy atom. The van der Waals surface area contributed by atoms with Gasteiger partial charge < -0.3 is 9.64 Å². The van der Waals surface area contributed by atoms with E-state index in [-0.39, 0.29) is 5.91 Å². The molecule has 0 spiro atoms. The van der Waals surface area contributed by atoms with E-state index in [0.29, 0.717) is 18.0 Å². The number of amides is 1. The van der Waals surface area contributed by atoms with Crippen LogP contribution in [0.25, 0.3) is 9.88 Å². The average Bonchev–Trinajstić information content (AvgIpc) is 3.23. The van der Waals surface area contributed by atoms with Crippen LogP contribution in [0.4, 0.5) is 0 Å². The van der Waals surface area contributed by atoms with Gasteiger partial charge in [0.05, 0.1) is 17.1 Å². The van der Waals surface area contributed by atoms with Crippen molar-refractivity contribution in [2.75, 3.05) is 20.2 Å². The zero-order valence-electron chi connectivity index (χ0n) is 14.5. The number of hydrogen-bond donors (Lipinski definition) is 0. The van der Waals surface area contributed by atoms with E-state index in [1.807, 2.05) is 55.6 Å². The quantitative estimate of drug-likeness (QED) is 0.633. The minimum absolute atomic E-state index is 0.00866. The van der Waals surface area contributed by atoms with Crippen LogP contribution < -0.4 is 4.74 Å². The molecule has 0 aliphatic rings. The maximum Gasteiger partial charge on any atom is 0.265 e. The van der Waals surface area contributed by atoms with Crippen LogP contribution in [0.5, 0.6) is 5.75 Å². The summed E-state index contributed by atoms with van der Waals surface area (Å²) < 4.78 is 5.73. The highest BCUT2D eigenvalue weighted by Gasteiger charge is 2.19. The lowest BCUT2D eigenvalue weighted by molar-refractivity contribution is 0.0777. The van der Waals surface area contributed by atoms with Crippen molar-refractivity contribution in [3.63, 3.8) is 0 Å². The van der Waals surface area contributed by atoms with Crippen LogP contribution in [0.1, 0.15) is 20.9 Å². The number of aryl methyl sites for hydroxylation is 2. The first kappa shape index (κ1) is 17.6. The van der Waals surface area contributed by atoms with Crippen LogP contribution in [0, 0.1) is 13.8 Å². The van der Waals surface area contributed by atoms with Gasteiger partial charge in [0, 0.05) is 7.05 Å². The van der Waals surface area contributed by atoms with Gasteiger partial charge in [-0.2, -0.15) is 0 Å². The maximum atomic E-state index is 12.7. The van der Waals surface area contributed by atoms with E-state index in [1.54, 1.807) is 23.3 Å². The van der Waals surface area contributed by atoms with Crippen molar-refractivity contribution in [3.8, 4) is 15.6 Å². The summed E-state index contributed by atoms with van der Waals surface area (Å²) in [4.78, 5) is 20.7. The monoisotopic (exact) mass is 372 g/mol. The Kier molecular flexibility index (Phi) is 5.50. The largest absolute Gasteiger partial charge is 0.492 e. The molecular formula is C19H20N2O2S2. The van der Waals surface area contributed by atoms with Crippen molar-refractivity contribution in [1.29, 1.82) is 0 Å². The molecule has 25 heavy (non-hydrogen) atoms. The van der Waals surface area contributed by atoms with Gasteiger partial charge in [-0.1, -0.05) is 18.2 Å². The molecule has 0 radical (unpaired) electrons. The average molecular weight is 373 g/mol. The second-order valence-electron chi connectivity index (χ2n) is 5.80. The molecule has 1 aromatic carbocycles. The molecule has 0 bridgehead atoms. The lowest BCUT2D eigenvalue weighted by Crippen LogP contribution is -2.30. The van der Waals surface area contributed by atoms with Crippen LogP contribution in [-0.4, -0.2) is 36.0 Å². The standard InChI is InChI=1S/C19H20N2O2S2/c1-13-6-4-7-15(12-13)23-10-9-21(3)19(22)17-14(2)20-18(25-17)16-8-5-11-24-16/h4-8,11-12H,9-10H2,1-3H3. The fraction of sp³-hybridized carbons (Fsp3) is 0.263. The third-order valence-corrected chi connectivity index (χ3v) is 5.94. The molecule has 1 amide bonds. The number of carbonyl (C=O) groups excluding carboxylic acids is 1. The highest BCUT2D eigenvalue weighted by molar-refractivity contribution is 7.22. The Labute approximate surface area is 155 Å². The molecule has 3 aromatic rings. The molecule has 0 atom stereocenters. The third kappa shape index (κ3) is 4.27. The first-order chi connectivity index (χ1) is 12.0. The zero-order chi connectivity index (χ0) is 17.8. The van der Waals surface area contributed by atoms with E-state index in [9.17, 15) is 4.79 Å². The summed E-state index contributed by atoms with van der Waals surface area (Å²) in [5.41, 5.74) is 1.94. The van der Waals surface area contributed by atoms with Crippen LogP contribution in [0.15, 0.2) is 41.8 Å². The predicted octanol–water partition coefficient (Wildman–Crippen LogP) is 4.64. The van der Waals surface area contributed by atoms with E-state index >= 15 is 0 Å². The van der Waals surface area contributed by atoms with E-state index < -0.39 is 0 Å². The Morgan fingerprint density at radius 1 is 1.24 bits per heavy atom. The molecule has 0 saturated heterocycles. The number of rotatable bonds is 6. The predicted molar refractivity (Wildman–Crippen MR) is 104 cm³/mol. The van der Waals surface area contributed by atoms with E-state index in [0.717, 1.165) is 26.9 Å². The molecular weight excluding hydrogens is 352 g/mol. The van der Waals surface area contributed by atoms with Crippen LogP contribution in [-0.2, 0) is 0 Å². The summed E-state index contributed by atoms with van der Waals surface area (Å²) in [6, 6.07) is 11.9. The van der Waals surface area contributed by atoms with Gasteiger partial charge in [0.1, 0.15) is 22.2 Å². The lowest BCUT2D eigenvalue weighted by Gasteiger charge is -2.17. The number of thiophene rings is 1. The van der Waals surface area contributed by atoms with Gasteiger partial charge in [0.25, 0.3) is 5.91 Å². The second-order valence-corrected chi connectivity index (χ2v) is 7.75. The molecule has 6 heteroatoms. The van der Waals surface area contributed by atoms with Crippen molar-refractivity contribution < 1.29 is 9.53 Å². The summed E-state index contributed by atoms with van der Waals surface area (Å²) in [6.07, 6.45) is 0. The highest BCUT2D eigenvalue weighted by Crippen LogP contribution is 2.31. The zero-order valence-corrected chi connectivity index (χ0v) is 16.1. The molecule has 0 saturated carbocycles.